The lowest BCUT2D eigenvalue weighted by atomic mass is 10.0. The summed E-state index contributed by atoms with van der Waals surface area (Å²) < 4.78 is 0. The molecule has 0 aliphatic carbocycles. The zero-order chi connectivity index (χ0) is 21.3. The van der Waals surface area contributed by atoms with Crippen molar-refractivity contribution in [1.82, 2.24) is 5.32 Å². The third kappa shape index (κ3) is 5.80. The molecule has 0 radical (unpaired) electrons. The van der Waals surface area contributed by atoms with Crippen LogP contribution in [0.25, 0.3) is 0 Å². The van der Waals surface area contributed by atoms with Crippen LogP contribution in [-0.2, 0) is 9.59 Å². The first-order valence-electron chi connectivity index (χ1n) is 10.3. The van der Waals surface area contributed by atoms with E-state index in [-0.39, 0.29) is 30.2 Å². The van der Waals surface area contributed by atoms with E-state index in [1.165, 1.54) is 0 Å². The molecule has 0 fully saturated rings. The van der Waals surface area contributed by atoms with Crippen LogP contribution in [0.5, 0.6) is 0 Å². The quantitative estimate of drug-likeness (QED) is 0.531. The normalized spacial score (nSPS) is 12.6. The summed E-state index contributed by atoms with van der Waals surface area (Å²) in [6, 6.07) is 29.0. The molecule has 0 bridgehead atoms. The lowest BCUT2D eigenvalue weighted by Gasteiger charge is -2.24. The van der Waals surface area contributed by atoms with Crippen LogP contribution in [0, 0.1) is 5.92 Å². The molecule has 1 N–H and O–H groups in total. The van der Waals surface area contributed by atoms with Crippen molar-refractivity contribution < 1.29 is 9.59 Å². The van der Waals surface area contributed by atoms with Crippen molar-refractivity contribution in [2.75, 3.05) is 4.90 Å². The van der Waals surface area contributed by atoms with Crippen LogP contribution >= 0.6 is 0 Å². The number of amides is 2. The Morgan fingerprint density at radius 3 is 1.70 bits per heavy atom. The molecule has 0 saturated heterocycles. The maximum absolute atomic E-state index is 13.2. The van der Waals surface area contributed by atoms with E-state index in [1.807, 2.05) is 105 Å². The van der Waals surface area contributed by atoms with E-state index < -0.39 is 0 Å². The van der Waals surface area contributed by atoms with Gasteiger partial charge in [0.15, 0.2) is 0 Å². The summed E-state index contributed by atoms with van der Waals surface area (Å²) in [5.74, 6) is -0.142. The fraction of sp³-hybridized carbons (Fsp3) is 0.231. The predicted octanol–water partition coefficient (Wildman–Crippen LogP) is 5.65. The number of anilines is 2. The number of hydrogen-bond donors (Lipinski definition) is 1. The van der Waals surface area contributed by atoms with Gasteiger partial charge in [0, 0.05) is 24.2 Å². The Morgan fingerprint density at radius 2 is 1.20 bits per heavy atom. The molecule has 3 aromatic rings. The van der Waals surface area contributed by atoms with Gasteiger partial charge in [0.05, 0.1) is 6.04 Å². The predicted molar refractivity (Wildman–Crippen MR) is 121 cm³/mol. The van der Waals surface area contributed by atoms with E-state index in [2.05, 4.69) is 5.32 Å². The van der Waals surface area contributed by atoms with Crippen LogP contribution in [0.3, 0.4) is 0 Å². The molecule has 2 amide bonds. The molecule has 0 saturated carbocycles. The summed E-state index contributed by atoms with van der Waals surface area (Å²) in [6.45, 7) is 3.91. The number of rotatable bonds is 8. The van der Waals surface area contributed by atoms with Gasteiger partial charge in [0.1, 0.15) is 0 Å². The van der Waals surface area contributed by atoms with Crippen LogP contribution in [0.15, 0.2) is 91.0 Å². The molecule has 30 heavy (non-hydrogen) atoms. The second kappa shape index (κ2) is 10.4. The second-order valence-corrected chi connectivity index (χ2v) is 7.61. The Kier molecular flexibility index (Phi) is 7.39. The summed E-state index contributed by atoms with van der Waals surface area (Å²) >= 11 is 0. The van der Waals surface area contributed by atoms with Gasteiger partial charge in [-0.1, -0.05) is 73.7 Å². The van der Waals surface area contributed by atoms with Crippen LogP contribution in [0.1, 0.15) is 38.3 Å². The fourth-order valence-corrected chi connectivity index (χ4v) is 3.49. The number of carbonyl (C=O) groups is 2. The van der Waals surface area contributed by atoms with Gasteiger partial charge in [-0.2, -0.15) is 0 Å². The van der Waals surface area contributed by atoms with E-state index in [0.29, 0.717) is 6.42 Å². The number of nitrogens with one attached hydrogen (secondary N) is 1. The van der Waals surface area contributed by atoms with Crippen molar-refractivity contribution in [2.45, 2.75) is 32.7 Å². The van der Waals surface area contributed by atoms with E-state index in [1.54, 1.807) is 4.90 Å². The summed E-state index contributed by atoms with van der Waals surface area (Å²) in [5.41, 5.74) is 2.71. The molecular weight excluding hydrogens is 372 g/mol. The number of nitrogens with zero attached hydrogens (tertiary/aromatic N) is 1. The van der Waals surface area contributed by atoms with Gasteiger partial charge in [-0.15, -0.1) is 0 Å². The third-order valence-corrected chi connectivity index (χ3v) is 5.01. The third-order valence-electron chi connectivity index (χ3n) is 5.01. The molecule has 154 valence electrons. The van der Waals surface area contributed by atoms with Gasteiger partial charge in [-0.25, -0.2) is 0 Å². The SMILES string of the molecule is CC(CC(=O)NC(C)c1ccccc1)CC(=O)N(c1ccccc1)c1ccccc1. The molecule has 0 heterocycles. The average molecular weight is 401 g/mol. The lowest BCUT2D eigenvalue weighted by molar-refractivity contribution is -0.123. The number of hydrogen-bond acceptors (Lipinski definition) is 2. The lowest BCUT2D eigenvalue weighted by Crippen LogP contribution is -2.31. The highest BCUT2D eigenvalue weighted by molar-refractivity contribution is 6.00. The Hall–Kier alpha value is -3.40. The molecule has 3 aromatic carbocycles. The van der Waals surface area contributed by atoms with E-state index in [4.69, 9.17) is 0 Å². The number of para-hydroxylation sites is 2. The minimum atomic E-state index is -0.0737. The molecular formula is C26H28N2O2. The largest absolute Gasteiger partial charge is 0.350 e. The molecule has 2 unspecified atom stereocenters. The highest BCUT2D eigenvalue weighted by Gasteiger charge is 2.22. The molecule has 0 spiro atoms. The standard InChI is InChI=1S/C26H28N2O2/c1-20(18-25(29)27-21(2)22-12-6-3-7-13-22)19-26(30)28(23-14-8-4-9-15-23)24-16-10-5-11-17-24/h3-17,20-21H,18-19H2,1-2H3,(H,27,29). The Bertz CT molecular complexity index is 903. The topological polar surface area (TPSA) is 49.4 Å². The molecule has 3 rings (SSSR count). The summed E-state index contributed by atoms with van der Waals surface area (Å²) in [7, 11) is 0. The van der Waals surface area contributed by atoms with Crippen LogP contribution < -0.4 is 10.2 Å². The van der Waals surface area contributed by atoms with Crippen LogP contribution in [0.4, 0.5) is 11.4 Å². The van der Waals surface area contributed by atoms with Gasteiger partial charge in [-0.3, -0.25) is 14.5 Å². The maximum atomic E-state index is 13.2. The fourth-order valence-electron chi connectivity index (χ4n) is 3.49. The summed E-state index contributed by atoms with van der Waals surface area (Å²) in [4.78, 5) is 27.4. The molecule has 0 aromatic heterocycles. The van der Waals surface area contributed by atoms with Crippen molar-refractivity contribution >= 4 is 23.2 Å². The van der Waals surface area contributed by atoms with Gasteiger partial charge in [0.2, 0.25) is 11.8 Å². The average Bonchev–Trinajstić information content (AvgIpc) is 2.75. The molecule has 0 aliphatic rings. The Labute approximate surface area is 178 Å². The molecule has 4 heteroatoms. The highest BCUT2D eigenvalue weighted by atomic mass is 16.2. The van der Waals surface area contributed by atoms with E-state index in [0.717, 1.165) is 16.9 Å². The van der Waals surface area contributed by atoms with Crippen molar-refractivity contribution in [3.8, 4) is 0 Å². The van der Waals surface area contributed by atoms with E-state index in [9.17, 15) is 9.59 Å². The van der Waals surface area contributed by atoms with Crippen LogP contribution in [-0.4, -0.2) is 11.8 Å². The Morgan fingerprint density at radius 1 is 0.733 bits per heavy atom. The van der Waals surface area contributed by atoms with Crippen molar-refractivity contribution in [3.05, 3.63) is 96.6 Å². The smallest absolute Gasteiger partial charge is 0.231 e. The van der Waals surface area contributed by atoms with Gasteiger partial charge < -0.3 is 5.32 Å². The highest BCUT2D eigenvalue weighted by Crippen LogP contribution is 2.27. The second-order valence-electron chi connectivity index (χ2n) is 7.61. The van der Waals surface area contributed by atoms with Gasteiger partial charge in [-0.05, 0) is 42.7 Å². The zero-order valence-corrected chi connectivity index (χ0v) is 17.5. The van der Waals surface area contributed by atoms with Gasteiger partial charge >= 0.3 is 0 Å². The minimum Gasteiger partial charge on any atom is -0.350 e. The zero-order valence-electron chi connectivity index (χ0n) is 17.5. The summed E-state index contributed by atoms with van der Waals surface area (Å²) in [6.07, 6.45) is 0.595. The van der Waals surface area contributed by atoms with Crippen molar-refractivity contribution in [3.63, 3.8) is 0 Å². The molecule has 2 atom stereocenters. The number of carbonyl (C=O) groups excluding carboxylic acids is 2. The molecule has 4 nitrogen and oxygen atoms in total. The molecule has 0 aliphatic heterocycles. The number of benzene rings is 3. The van der Waals surface area contributed by atoms with Crippen molar-refractivity contribution in [2.24, 2.45) is 5.92 Å². The van der Waals surface area contributed by atoms with Gasteiger partial charge in [0.25, 0.3) is 0 Å². The monoisotopic (exact) mass is 400 g/mol. The van der Waals surface area contributed by atoms with Crippen LogP contribution in [0.2, 0.25) is 0 Å². The minimum absolute atomic E-state index is 0.0243. The first-order chi connectivity index (χ1) is 14.5. The van der Waals surface area contributed by atoms with E-state index >= 15 is 0 Å². The Balaban J connectivity index is 1.63. The maximum Gasteiger partial charge on any atom is 0.231 e. The first-order valence-corrected chi connectivity index (χ1v) is 10.3. The van der Waals surface area contributed by atoms with Crippen molar-refractivity contribution in [1.29, 1.82) is 0 Å². The summed E-state index contributed by atoms with van der Waals surface area (Å²) in [5, 5.41) is 3.03. The first kappa shape index (κ1) is 21.3.